The third-order valence-electron chi connectivity index (χ3n) is 4.41. The van der Waals surface area contributed by atoms with Crippen molar-refractivity contribution in [3.8, 4) is 0 Å². The average Bonchev–Trinajstić information content (AvgIpc) is 3.13. The second kappa shape index (κ2) is 10.8. The number of thiol groups is 1. The molecule has 3 atom stereocenters. The third kappa shape index (κ3) is 6.97. The van der Waals surface area contributed by atoms with Crippen LogP contribution in [0.15, 0.2) is 0 Å². The highest BCUT2D eigenvalue weighted by Crippen LogP contribution is 2.33. The summed E-state index contributed by atoms with van der Waals surface area (Å²) in [6.07, 6.45) is 4.59. The molecule has 4 N–H and O–H groups in total. The lowest BCUT2D eigenvalue weighted by Gasteiger charge is -2.16. The van der Waals surface area contributed by atoms with E-state index in [1.54, 1.807) is 0 Å². The Morgan fingerprint density at radius 1 is 1.08 bits per heavy atom. The number of unbranched alkanes of at least 4 members (excludes halogenated alkanes) is 1. The maximum absolute atomic E-state index is 11.8. The molecule has 2 saturated heterocycles. The Balaban J connectivity index is 1.46. The Labute approximate surface area is 158 Å². The van der Waals surface area contributed by atoms with Crippen molar-refractivity contribution >= 4 is 42.2 Å². The minimum atomic E-state index is -0.0580. The molecule has 0 unspecified atom stereocenters. The highest BCUT2D eigenvalue weighted by Gasteiger charge is 2.42. The minimum absolute atomic E-state index is 0.00385. The summed E-state index contributed by atoms with van der Waals surface area (Å²) in [6.45, 7) is 0.928. The predicted octanol–water partition coefficient (Wildman–Crippen LogP) is 0.655. The largest absolute Gasteiger partial charge is 0.354 e. The fourth-order valence-electron chi connectivity index (χ4n) is 3.09. The lowest BCUT2D eigenvalue weighted by atomic mass is 10.0. The minimum Gasteiger partial charge on any atom is -0.354 e. The van der Waals surface area contributed by atoms with E-state index in [1.807, 2.05) is 11.8 Å². The van der Waals surface area contributed by atoms with E-state index in [9.17, 15) is 14.4 Å². The van der Waals surface area contributed by atoms with Crippen molar-refractivity contribution in [3.05, 3.63) is 0 Å². The van der Waals surface area contributed by atoms with E-state index in [2.05, 4.69) is 33.9 Å². The van der Waals surface area contributed by atoms with Gasteiger partial charge in [-0.3, -0.25) is 9.59 Å². The number of amides is 4. The Bertz CT molecular complexity index is 478. The van der Waals surface area contributed by atoms with Crippen molar-refractivity contribution in [1.82, 2.24) is 21.3 Å². The summed E-state index contributed by atoms with van der Waals surface area (Å²) in [4.78, 5) is 34.5. The molecule has 2 rings (SSSR count). The van der Waals surface area contributed by atoms with Crippen LogP contribution in [0.3, 0.4) is 0 Å². The van der Waals surface area contributed by atoms with Gasteiger partial charge in [0.15, 0.2) is 0 Å². The number of rotatable bonds is 11. The van der Waals surface area contributed by atoms with Crippen LogP contribution >= 0.6 is 24.4 Å². The molecule has 0 aliphatic carbocycles. The summed E-state index contributed by atoms with van der Waals surface area (Å²) in [5.74, 6) is 1.70. The number of hydrogen-bond acceptors (Lipinski definition) is 5. The topological polar surface area (TPSA) is 99.3 Å². The number of carbonyl (C=O) groups excluding carboxylic acids is 3. The summed E-state index contributed by atoms with van der Waals surface area (Å²) in [7, 11) is 0. The van der Waals surface area contributed by atoms with Gasteiger partial charge < -0.3 is 21.3 Å². The van der Waals surface area contributed by atoms with Crippen molar-refractivity contribution in [3.63, 3.8) is 0 Å². The van der Waals surface area contributed by atoms with Crippen molar-refractivity contribution < 1.29 is 14.4 Å². The van der Waals surface area contributed by atoms with Crippen LogP contribution in [0.5, 0.6) is 0 Å². The molecule has 2 heterocycles. The molecule has 0 aromatic rings. The van der Waals surface area contributed by atoms with Gasteiger partial charge in [0, 0.05) is 36.9 Å². The molecule has 0 saturated carbocycles. The Kier molecular flexibility index (Phi) is 8.74. The first-order valence-corrected chi connectivity index (χ1v) is 10.6. The first-order valence-electron chi connectivity index (χ1n) is 8.93. The van der Waals surface area contributed by atoms with Gasteiger partial charge in [-0.25, -0.2) is 4.79 Å². The summed E-state index contributed by atoms with van der Waals surface area (Å²) in [5.41, 5.74) is 0. The molecule has 0 spiro atoms. The monoisotopic (exact) mass is 388 g/mol. The molecule has 2 fully saturated rings. The zero-order valence-electron chi connectivity index (χ0n) is 14.4. The molecule has 4 amide bonds. The van der Waals surface area contributed by atoms with Gasteiger partial charge in [0.05, 0.1) is 12.1 Å². The fourth-order valence-corrected chi connectivity index (χ4v) is 4.80. The van der Waals surface area contributed by atoms with E-state index in [0.29, 0.717) is 36.9 Å². The molecular weight excluding hydrogens is 360 g/mol. The molecule has 2 aliphatic heterocycles. The number of carbonyl (C=O) groups is 3. The molecule has 0 aromatic heterocycles. The molecule has 0 aromatic carbocycles. The molecule has 0 radical (unpaired) electrons. The smallest absolute Gasteiger partial charge is 0.315 e. The van der Waals surface area contributed by atoms with Gasteiger partial charge in [-0.1, -0.05) is 6.42 Å². The van der Waals surface area contributed by atoms with Gasteiger partial charge in [0.25, 0.3) is 0 Å². The zero-order chi connectivity index (χ0) is 18.1. The number of fused-ring (bicyclic) bond motifs is 1. The van der Waals surface area contributed by atoms with Crippen LogP contribution in [-0.4, -0.2) is 59.8 Å². The Hall–Kier alpha value is -1.09. The van der Waals surface area contributed by atoms with Crippen LogP contribution in [-0.2, 0) is 9.59 Å². The van der Waals surface area contributed by atoms with Crippen molar-refractivity contribution in [2.24, 2.45) is 0 Å². The SMILES string of the molecule is O=C(CCCS)NCCNC(=O)CCCC[C@@H]1SC[C@@H]2NC(=O)N[C@@H]21. The van der Waals surface area contributed by atoms with Gasteiger partial charge >= 0.3 is 6.03 Å². The normalized spacial score (nSPS) is 24.4. The quantitative estimate of drug-likeness (QED) is 0.204. The van der Waals surface area contributed by atoms with E-state index in [0.717, 1.165) is 31.4 Å². The van der Waals surface area contributed by atoms with E-state index < -0.39 is 0 Å². The molecular formula is C16H28N4O3S2. The molecule has 9 heteroatoms. The standard InChI is InChI=1S/C16H28N4O3S2/c21-13(17-7-8-18-14(22)6-3-9-24)5-2-1-4-12-15-11(10-25-12)19-16(23)20-15/h11-12,15,24H,1-10H2,(H,17,21)(H,18,22)(H2,19,20,23)/t11-,12-,15-/m0/s1. The first-order chi connectivity index (χ1) is 12.1. The second-order valence-corrected chi connectivity index (χ2v) is 8.11. The van der Waals surface area contributed by atoms with Crippen molar-refractivity contribution in [2.45, 2.75) is 55.9 Å². The van der Waals surface area contributed by atoms with Crippen LogP contribution in [0.4, 0.5) is 4.79 Å². The maximum Gasteiger partial charge on any atom is 0.315 e. The van der Waals surface area contributed by atoms with Gasteiger partial charge in [-0.2, -0.15) is 24.4 Å². The van der Waals surface area contributed by atoms with Crippen LogP contribution < -0.4 is 21.3 Å². The van der Waals surface area contributed by atoms with Gasteiger partial charge in [0.2, 0.25) is 11.8 Å². The number of urea groups is 1. The van der Waals surface area contributed by atoms with Crippen LogP contribution in [0, 0.1) is 0 Å². The molecule has 25 heavy (non-hydrogen) atoms. The molecule has 2 aliphatic rings. The Morgan fingerprint density at radius 2 is 1.76 bits per heavy atom. The maximum atomic E-state index is 11.8. The van der Waals surface area contributed by atoms with E-state index in [1.165, 1.54) is 0 Å². The first kappa shape index (κ1) is 20.2. The molecule has 142 valence electrons. The Morgan fingerprint density at radius 3 is 2.44 bits per heavy atom. The summed E-state index contributed by atoms with van der Waals surface area (Å²) in [5, 5.41) is 12.0. The lowest BCUT2D eigenvalue weighted by Crippen LogP contribution is -2.36. The lowest BCUT2D eigenvalue weighted by molar-refractivity contribution is -0.123. The van der Waals surface area contributed by atoms with Gasteiger partial charge in [0.1, 0.15) is 0 Å². The summed E-state index contributed by atoms with van der Waals surface area (Å²) < 4.78 is 0. The van der Waals surface area contributed by atoms with Crippen molar-refractivity contribution in [2.75, 3.05) is 24.6 Å². The van der Waals surface area contributed by atoms with Crippen LogP contribution in [0.2, 0.25) is 0 Å². The van der Waals surface area contributed by atoms with Crippen molar-refractivity contribution in [1.29, 1.82) is 0 Å². The van der Waals surface area contributed by atoms with Crippen LogP contribution in [0.1, 0.15) is 38.5 Å². The third-order valence-corrected chi connectivity index (χ3v) is 6.24. The highest BCUT2D eigenvalue weighted by molar-refractivity contribution is 8.00. The fraction of sp³-hybridized carbons (Fsp3) is 0.812. The summed E-state index contributed by atoms with van der Waals surface area (Å²) >= 11 is 5.96. The van der Waals surface area contributed by atoms with Gasteiger partial charge in [-0.05, 0) is 25.0 Å². The molecule has 7 nitrogen and oxygen atoms in total. The van der Waals surface area contributed by atoms with E-state index in [4.69, 9.17) is 0 Å². The second-order valence-electron chi connectivity index (χ2n) is 6.39. The van der Waals surface area contributed by atoms with E-state index in [-0.39, 0.29) is 29.9 Å². The van der Waals surface area contributed by atoms with Crippen LogP contribution in [0.25, 0.3) is 0 Å². The highest BCUT2D eigenvalue weighted by atomic mass is 32.2. The van der Waals surface area contributed by atoms with E-state index >= 15 is 0 Å². The summed E-state index contributed by atoms with van der Waals surface area (Å²) in [6, 6.07) is 0.434. The molecule has 0 bridgehead atoms. The van der Waals surface area contributed by atoms with Gasteiger partial charge in [-0.15, -0.1) is 0 Å². The predicted molar refractivity (Wildman–Crippen MR) is 103 cm³/mol. The number of thioether (sulfide) groups is 1. The number of nitrogens with one attached hydrogen (secondary N) is 4. The number of hydrogen-bond donors (Lipinski definition) is 5. The zero-order valence-corrected chi connectivity index (χ0v) is 16.1. The average molecular weight is 389 g/mol.